The fourth-order valence-corrected chi connectivity index (χ4v) is 3.71. The van der Waals surface area contributed by atoms with Crippen molar-refractivity contribution in [1.29, 1.82) is 0 Å². The van der Waals surface area contributed by atoms with Gasteiger partial charge in [-0.2, -0.15) is 0 Å². The predicted octanol–water partition coefficient (Wildman–Crippen LogP) is 3.46. The highest BCUT2D eigenvalue weighted by molar-refractivity contribution is 7.11. The Labute approximate surface area is 109 Å². The van der Waals surface area contributed by atoms with Crippen molar-refractivity contribution >= 4 is 11.3 Å². The first-order valence-corrected chi connectivity index (χ1v) is 7.56. The summed E-state index contributed by atoms with van der Waals surface area (Å²) in [6.07, 6.45) is 6.30. The van der Waals surface area contributed by atoms with Crippen molar-refractivity contribution in [2.45, 2.75) is 58.9 Å². The van der Waals surface area contributed by atoms with Crippen molar-refractivity contribution in [2.75, 3.05) is 0 Å². The van der Waals surface area contributed by atoms with Gasteiger partial charge in [-0.25, -0.2) is 4.98 Å². The van der Waals surface area contributed by atoms with E-state index in [-0.39, 0.29) is 0 Å². The van der Waals surface area contributed by atoms with Crippen LogP contribution in [0.15, 0.2) is 0 Å². The summed E-state index contributed by atoms with van der Waals surface area (Å²) in [5.74, 6) is 1.62. The van der Waals surface area contributed by atoms with Crippen LogP contribution in [0.25, 0.3) is 0 Å². The fourth-order valence-electron chi connectivity index (χ4n) is 2.71. The van der Waals surface area contributed by atoms with Gasteiger partial charge in [-0.3, -0.25) is 0 Å². The molecule has 0 aromatic carbocycles. The number of hydrogen-bond acceptors (Lipinski definition) is 3. The van der Waals surface area contributed by atoms with E-state index in [1.165, 1.54) is 41.3 Å². The lowest BCUT2D eigenvalue weighted by atomic mass is 9.79. The van der Waals surface area contributed by atoms with Gasteiger partial charge in [-0.1, -0.05) is 19.8 Å². The Morgan fingerprint density at radius 3 is 2.47 bits per heavy atom. The molecule has 1 saturated carbocycles. The van der Waals surface area contributed by atoms with Crippen molar-refractivity contribution in [1.82, 2.24) is 4.98 Å². The maximum Gasteiger partial charge on any atom is 0.0946 e. The predicted molar refractivity (Wildman–Crippen MR) is 74.4 cm³/mol. The monoisotopic (exact) mass is 252 g/mol. The molecular weight excluding hydrogens is 228 g/mol. The van der Waals surface area contributed by atoms with Crippen LogP contribution in [-0.2, 0) is 6.42 Å². The van der Waals surface area contributed by atoms with E-state index in [2.05, 4.69) is 25.8 Å². The Morgan fingerprint density at radius 1 is 1.29 bits per heavy atom. The number of thiazole rings is 1. The molecule has 96 valence electrons. The van der Waals surface area contributed by atoms with Gasteiger partial charge in [-0.15, -0.1) is 11.3 Å². The summed E-state index contributed by atoms with van der Waals surface area (Å²) in [4.78, 5) is 5.94. The summed E-state index contributed by atoms with van der Waals surface area (Å²) in [7, 11) is 0. The molecule has 0 amide bonds. The second kappa shape index (κ2) is 5.49. The van der Waals surface area contributed by atoms with Crippen LogP contribution in [0.5, 0.6) is 0 Å². The topological polar surface area (TPSA) is 38.9 Å². The molecule has 0 saturated heterocycles. The lowest BCUT2D eigenvalue weighted by molar-refractivity contribution is 0.253. The normalized spacial score (nSPS) is 27.1. The molecule has 1 unspecified atom stereocenters. The molecule has 1 atom stereocenters. The van der Waals surface area contributed by atoms with Crippen molar-refractivity contribution in [3.05, 3.63) is 15.6 Å². The number of aromatic nitrogens is 1. The minimum atomic E-state index is 0.312. The van der Waals surface area contributed by atoms with Gasteiger partial charge in [0.05, 0.1) is 10.7 Å². The average molecular weight is 252 g/mol. The summed E-state index contributed by atoms with van der Waals surface area (Å²) < 4.78 is 0. The van der Waals surface area contributed by atoms with E-state index in [0.717, 1.165) is 18.3 Å². The van der Waals surface area contributed by atoms with Crippen molar-refractivity contribution in [3.63, 3.8) is 0 Å². The average Bonchev–Trinajstić information content (AvgIpc) is 2.58. The van der Waals surface area contributed by atoms with Gasteiger partial charge in [0.25, 0.3) is 0 Å². The Balaban J connectivity index is 1.90. The van der Waals surface area contributed by atoms with Gasteiger partial charge >= 0.3 is 0 Å². The lowest BCUT2D eigenvalue weighted by Crippen LogP contribution is -2.34. The molecule has 1 heterocycles. The van der Waals surface area contributed by atoms with Crippen LogP contribution in [-0.4, -0.2) is 11.0 Å². The molecular formula is C14H24N2S. The fraction of sp³-hybridized carbons (Fsp3) is 0.786. The Hall–Kier alpha value is -0.410. The summed E-state index contributed by atoms with van der Waals surface area (Å²) in [5.41, 5.74) is 7.53. The van der Waals surface area contributed by atoms with Crippen LogP contribution in [0.1, 0.15) is 48.2 Å². The molecule has 1 aliphatic carbocycles. The Kier molecular flexibility index (Phi) is 4.21. The zero-order valence-corrected chi connectivity index (χ0v) is 12.0. The molecule has 1 aromatic heterocycles. The third-order valence-corrected chi connectivity index (χ3v) is 5.24. The van der Waals surface area contributed by atoms with E-state index < -0.39 is 0 Å². The zero-order chi connectivity index (χ0) is 12.4. The minimum Gasteiger partial charge on any atom is -0.327 e. The van der Waals surface area contributed by atoms with E-state index in [9.17, 15) is 0 Å². The molecule has 17 heavy (non-hydrogen) atoms. The molecule has 2 nitrogen and oxygen atoms in total. The maximum absolute atomic E-state index is 6.35. The van der Waals surface area contributed by atoms with E-state index in [4.69, 9.17) is 5.73 Å². The molecule has 1 fully saturated rings. The Morgan fingerprint density at radius 2 is 1.94 bits per heavy atom. The maximum atomic E-state index is 6.35. The number of rotatable bonds is 3. The van der Waals surface area contributed by atoms with Gasteiger partial charge in [-0.05, 0) is 38.5 Å². The zero-order valence-electron chi connectivity index (χ0n) is 11.2. The largest absolute Gasteiger partial charge is 0.327 e. The highest BCUT2D eigenvalue weighted by Crippen LogP contribution is 2.31. The van der Waals surface area contributed by atoms with Crippen LogP contribution in [0, 0.1) is 25.7 Å². The third kappa shape index (κ3) is 3.29. The number of aryl methyl sites for hydroxylation is 2. The first-order valence-electron chi connectivity index (χ1n) is 6.74. The number of nitrogens with zero attached hydrogens (tertiary/aromatic N) is 1. The standard InChI is InChI=1S/C14H24N2S/c1-9-4-6-12(7-5-9)13(15)8-14-16-10(2)11(3)17-14/h9,12-13H,4-8,15H2,1-3H3. The lowest BCUT2D eigenvalue weighted by Gasteiger charge is -2.30. The highest BCUT2D eigenvalue weighted by atomic mass is 32.1. The highest BCUT2D eigenvalue weighted by Gasteiger charge is 2.24. The van der Waals surface area contributed by atoms with Crippen molar-refractivity contribution in [2.24, 2.45) is 17.6 Å². The SMILES string of the molecule is Cc1nc(CC(N)C2CCC(C)CC2)sc1C. The molecule has 2 rings (SSSR count). The summed E-state index contributed by atoms with van der Waals surface area (Å²) >= 11 is 1.82. The number of hydrogen-bond donors (Lipinski definition) is 1. The smallest absolute Gasteiger partial charge is 0.0946 e. The molecule has 0 spiro atoms. The van der Waals surface area contributed by atoms with Crippen LogP contribution in [0.3, 0.4) is 0 Å². The summed E-state index contributed by atoms with van der Waals surface area (Å²) in [6.45, 7) is 6.59. The van der Waals surface area contributed by atoms with Crippen LogP contribution < -0.4 is 5.73 Å². The molecule has 0 aliphatic heterocycles. The molecule has 0 bridgehead atoms. The second-order valence-electron chi connectivity index (χ2n) is 5.64. The van der Waals surface area contributed by atoms with E-state index in [0.29, 0.717) is 6.04 Å². The van der Waals surface area contributed by atoms with Crippen LogP contribution >= 0.6 is 11.3 Å². The van der Waals surface area contributed by atoms with Gasteiger partial charge in [0.15, 0.2) is 0 Å². The Bertz CT molecular complexity index is 345. The molecule has 2 N–H and O–H groups in total. The molecule has 1 aliphatic rings. The van der Waals surface area contributed by atoms with Gasteiger partial charge in [0.1, 0.15) is 0 Å². The first-order chi connectivity index (χ1) is 8.06. The van der Waals surface area contributed by atoms with Gasteiger partial charge in [0.2, 0.25) is 0 Å². The molecule has 1 aromatic rings. The van der Waals surface area contributed by atoms with Crippen LogP contribution in [0.2, 0.25) is 0 Å². The van der Waals surface area contributed by atoms with Crippen LogP contribution in [0.4, 0.5) is 0 Å². The van der Waals surface area contributed by atoms with Gasteiger partial charge < -0.3 is 5.73 Å². The van der Waals surface area contributed by atoms with E-state index in [1.54, 1.807) is 0 Å². The van der Waals surface area contributed by atoms with E-state index in [1.807, 2.05) is 11.3 Å². The van der Waals surface area contributed by atoms with Crippen molar-refractivity contribution in [3.8, 4) is 0 Å². The minimum absolute atomic E-state index is 0.312. The third-order valence-electron chi connectivity index (χ3n) is 4.15. The molecule has 0 radical (unpaired) electrons. The first kappa shape index (κ1) is 13.0. The molecule has 3 heteroatoms. The van der Waals surface area contributed by atoms with E-state index >= 15 is 0 Å². The summed E-state index contributed by atoms with van der Waals surface area (Å²) in [6, 6.07) is 0.312. The second-order valence-corrected chi connectivity index (χ2v) is 6.92. The number of nitrogens with two attached hydrogens (primary N) is 1. The van der Waals surface area contributed by atoms with Crippen molar-refractivity contribution < 1.29 is 0 Å². The summed E-state index contributed by atoms with van der Waals surface area (Å²) in [5, 5.41) is 1.23. The quantitative estimate of drug-likeness (QED) is 0.895. The van der Waals surface area contributed by atoms with Gasteiger partial charge in [0, 0.05) is 17.3 Å².